The SMILES string of the molecule is CCc1ccccc1NCc1cccc(C(=O)N2CC(C)OC(C)C2)c1. The highest BCUT2D eigenvalue weighted by Crippen LogP contribution is 2.18. The second-order valence-corrected chi connectivity index (χ2v) is 7.03. The summed E-state index contributed by atoms with van der Waals surface area (Å²) in [6.45, 7) is 8.19. The monoisotopic (exact) mass is 352 g/mol. The van der Waals surface area contributed by atoms with E-state index < -0.39 is 0 Å². The third-order valence-corrected chi connectivity index (χ3v) is 4.76. The summed E-state index contributed by atoms with van der Waals surface area (Å²) in [6, 6.07) is 16.3. The quantitative estimate of drug-likeness (QED) is 0.880. The third-order valence-electron chi connectivity index (χ3n) is 4.76. The molecule has 26 heavy (non-hydrogen) atoms. The van der Waals surface area contributed by atoms with Crippen LogP contribution in [0.2, 0.25) is 0 Å². The van der Waals surface area contributed by atoms with Crippen molar-refractivity contribution in [3.8, 4) is 0 Å². The lowest BCUT2D eigenvalue weighted by Crippen LogP contribution is -2.48. The first kappa shape index (κ1) is 18.5. The molecule has 1 saturated heterocycles. The predicted octanol–water partition coefficient (Wildman–Crippen LogP) is 4.11. The van der Waals surface area contributed by atoms with Gasteiger partial charge in [0, 0.05) is 30.9 Å². The Morgan fingerprint density at radius 3 is 2.58 bits per heavy atom. The van der Waals surface area contributed by atoms with Gasteiger partial charge in [-0.1, -0.05) is 37.3 Å². The summed E-state index contributed by atoms with van der Waals surface area (Å²) in [5.74, 6) is 0.0859. The standard InChI is InChI=1S/C22H28N2O2/c1-4-19-9-5-6-11-21(19)23-13-18-8-7-10-20(12-18)22(25)24-14-16(2)26-17(3)15-24/h5-12,16-17,23H,4,13-15H2,1-3H3. The van der Waals surface area contributed by atoms with Gasteiger partial charge in [-0.25, -0.2) is 0 Å². The maximum absolute atomic E-state index is 12.9. The van der Waals surface area contributed by atoms with Crippen molar-refractivity contribution in [2.24, 2.45) is 0 Å². The minimum absolute atomic E-state index is 0.0816. The summed E-state index contributed by atoms with van der Waals surface area (Å²) < 4.78 is 5.73. The van der Waals surface area contributed by atoms with Crippen molar-refractivity contribution >= 4 is 11.6 Å². The molecule has 2 aromatic carbocycles. The van der Waals surface area contributed by atoms with Crippen LogP contribution >= 0.6 is 0 Å². The summed E-state index contributed by atoms with van der Waals surface area (Å²) in [6.07, 6.45) is 1.16. The van der Waals surface area contributed by atoms with Crippen LogP contribution in [-0.4, -0.2) is 36.1 Å². The molecule has 2 atom stereocenters. The first-order valence-electron chi connectivity index (χ1n) is 9.42. The van der Waals surface area contributed by atoms with Gasteiger partial charge in [-0.3, -0.25) is 4.79 Å². The average Bonchev–Trinajstić information content (AvgIpc) is 2.65. The predicted molar refractivity (Wildman–Crippen MR) is 106 cm³/mol. The average molecular weight is 352 g/mol. The van der Waals surface area contributed by atoms with E-state index in [0.29, 0.717) is 19.6 Å². The van der Waals surface area contributed by atoms with Gasteiger partial charge in [-0.15, -0.1) is 0 Å². The Hall–Kier alpha value is -2.33. The number of carbonyl (C=O) groups excluding carboxylic acids is 1. The Morgan fingerprint density at radius 1 is 1.12 bits per heavy atom. The van der Waals surface area contributed by atoms with Crippen molar-refractivity contribution in [3.05, 3.63) is 65.2 Å². The van der Waals surface area contributed by atoms with Crippen LogP contribution < -0.4 is 5.32 Å². The van der Waals surface area contributed by atoms with E-state index in [0.717, 1.165) is 23.2 Å². The number of nitrogens with zero attached hydrogens (tertiary/aromatic N) is 1. The minimum atomic E-state index is 0.0816. The van der Waals surface area contributed by atoms with Gasteiger partial charge in [-0.05, 0) is 49.6 Å². The third kappa shape index (κ3) is 4.44. The number of ether oxygens (including phenoxy) is 1. The van der Waals surface area contributed by atoms with Gasteiger partial charge >= 0.3 is 0 Å². The molecule has 1 fully saturated rings. The van der Waals surface area contributed by atoms with Crippen molar-refractivity contribution in [3.63, 3.8) is 0 Å². The Labute approximate surface area is 156 Å². The Kier molecular flexibility index (Phi) is 5.94. The van der Waals surface area contributed by atoms with Crippen molar-refractivity contribution in [1.29, 1.82) is 0 Å². The fourth-order valence-corrected chi connectivity index (χ4v) is 3.54. The van der Waals surface area contributed by atoms with Crippen LogP contribution in [0.5, 0.6) is 0 Å². The summed E-state index contributed by atoms with van der Waals surface area (Å²) in [5, 5.41) is 3.50. The number of hydrogen-bond acceptors (Lipinski definition) is 3. The number of carbonyl (C=O) groups is 1. The van der Waals surface area contributed by atoms with Gasteiger partial charge in [-0.2, -0.15) is 0 Å². The first-order chi connectivity index (χ1) is 12.6. The van der Waals surface area contributed by atoms with Crippen molar-refractivity contribution < 1.29 is 9.53 Å². The molecule has 2 aromatic rings. The molecule has 1 N–H and O–H groups in total. The number of anilines is 1. The second-order valence-electron chi connectivity index (χ2n) is 7.03. The zero-order valence-corrected chi connectivity index (χ0v) is 15.9. The molecule has 0 aromatic heterocycles. The van der Waals surface area contributed by atoms with Crippen LogP contribution in [0.1, 0.15) is 42.3 Å². The van der Waals surface area contributed by atoms with Gasteiger partial charge in [0.05, 0.1) is 12.2 Å². The lowest BCUT2D eigenvalue weighted by Gasteiger charge is -2.35. The highest BCUT2D eigenvalue weighted by atomic mass is 16.5. The number of benzene rings is 2. The summed E-state index contributed by atoms with van der Waals surface area (Å²) >= 11 is 0. The van der Waals surface area contributed by atoms with Crippen LogP contribution in [-0.2, 0) is 17.7 Å². The van der Waals surface area contributed by atoms with E-state index in [1.165, 1.54) is 5.56 Å². The van der Waals surface area contributed by atoms with E-state index in [2.05, 4.69) is 36.5 Å². The smallest absolute Gasteiger partial charge is 0.254 e. The van der Waals surface area contributed by atoms with Gasteiger partial charge < -0.3 is 15.0 Å². The molecule has 0 aliphatic carbocycles. The molecule has 1 aliphatic rings. The summed E-state index contributed by atoms with van der Waals surface area (Å²) in [4.78, 5) is 14.8. The maximum atomic E-state index is 12.9. The molecule has 2 unspecified atom stereocenters. The zero-order chi connectivity index (χ0) is 18.5. The number of morpholine rings is 1. The van der Waals surface area contributed by atoms with Crippen LogP contribution in [0, 0.1) is 0 Å². The van der Waals surface area contributed by atoms with E-state index in [9.17, 15) is 4.79 Å². The zero-order valence-electron chi connectivity index (χ0n) is 15.9. The number of hydrogen-bond donors (Lipinski definition) is 1. The first-order valence-corrected chi connectivity index (χ1v) is 9.42. The molecule has 3 rings (SSSR count). The number of rotatable bonds is 5. The van der Waals surface area contributed by atoms with Crippen LogP contribution in [0.25, 0.3) is 0 Å². The summed E-state index contributed by atoms with van der Waals surface area (Å²) in [5.41, 5.74) is 4.31. The van der Waals surface area contributed by atoms with E-state index in [4.69, 9.17) is 4.74 Å². The van der Waals surface area contributed by atoms with Gasteiger partial charge in [0.2, 0.25) is 0 Å². The van der Waals surface area contributed by atoms with Gasteiger partial charge in [0.15, 0.2) is 0 Å². The molecule has 1 amide bonds. The van der Waals surface area contributed by atoms with Crippen LogP contribution in [0.3, 0.4) is 0 Å². The molecular formula is C22H28N2O2. The number of para-hydroxylation sites is 1. The van der Waals surface area contributed by atoms with E-state index in [1.807, 2.05) is 43.0 Å². The Morgan fingerprint density at radius 2 is 1.85 bits per heavy atom. The van der Waals surface area contributed by atoms with Crippen molar-refractivity contribution in [2.75, 3.05) is 18.4 Å². The lowest BCUT2D eigenvalue weighted by molar-refractivity contribution is -0.0586. The topological polar surface area (TPSA) is 41.6 Å². The van der Waals surface area contributed by atoms with E-state index in [-0.39, 0.29) is 18.1 Å². The van der Waals surface area contributed by atoms with Crippen LogP contribution in [0.4, 0.5) is 5.69 Å². The molecule has 138 valence electrons. The molecule has 4 heteroatoms. The van der Waals surface area contributed by atoms with Crippen molar-refractivity contribution in [1.82, 2.24) is 4.90 Å². The van der Waals surface area contributed by atoms with E-state index >= 15 is 0 Å². The fourth-order valence-electron chi connectivity index (χ4n) is 3.54. The molecule has 0 saturated carbocycles. The molecule has 1 aliphatic heterocycles. The number of aryl methyl sites for hydroxylation is 1. The van der Waals surface area contributed by atoms with E-state index in [1.54, 1.807) is 0 Å². The molecule has 4 nitrogen and oxygen atoms in total. The molecule has 0 spiro atoms. The highest BCUT2D eigenvalue weighted by Gasteiger charge is 2.26. The molecular weight excluding hydrogens is 324 g/mol. The Bertz CT molecular complexity index is 749. The number of nitrogens with one attached hydrogen (secondary N) is 1. The van der Waals surface area contributed by atoms with Gasteiger partial charge in [0.1, 0.15) is 0 Å². The largest absolute Gasteiger partial charge is 0.381 e. The minimum Gasteiger partial charge on any atom is -0.381 e. The van der Waals surface area contributed by atoms with Crippen LogP contribution in [0.15, 0.2) is 48.5 Å². The maximum Gasteiger partial charge on any atom is 0.254 e. The fraction of sp³-hybridized carbons (Fsp3) is 0.409. The molecule has 0 bridgehead atoms. The summed E-state index contributed by atoms with van der Waals surface area (Å²) in [7, 11) is 0. The van der Waals surface area contributed by atoms with Gasteiger partial charge in [0.25, 0.3) is 5.91 Å². The second kappa shape index (κ2) is 8.37. The molecule has 0 radical (unpaired) electrons. The number of amides is 1. The van der Waals surface area contributed by atoms with Crippen molar-refractivity contribution in [2.45, 2.75) is 45.9 Å². The normalized spacial score (nSPS) is 20.0. The molecule has 1 heterocycles. The highest BCUT2D eigenvalue weighted by molar-refractivity contribution is 5.94. The lowest BCUT2D eigenvalue weighted by atomic mass is 10.1. The Balaban J connectivity index is 1.69.